The maximum absolute atomic E-state index is 12.2. The van der Waals surface area contributed by atoms with Gasteiger partial charge in [-0.3, -0.25) is 0 Å². The van der Waals surface area contributed by atoms with Gasteiger partial charge in [0.1, 0.15) is 5.76 Å². The van der Waals surface area contributed by atoms with Crippen molar-refractivity contribution in [2.45, 2.75) is 56.8 Å². The summed E-state index contributed by atoms with van der Waals surface area (Å²) in [6, 6.07) is 3.11. The third-order valence-corrected chi connectivity index (χ3v) is 4.63. The molecule has 0 saturated carbocycles. The number of furan rings is 1. The van der Waals surface area contributed by atoms with E-state index < -0.39 is 10.0 Å². The highest BCUT2D eigenvalue weighted by Gasteiger charge is 2.25. The van der Waals surface area contributed by atoms with Crippen LogP contribution in [0.4, 0.5) is 0 Å². The molecule has 0 aromatic carbocycles. The van der Waals surface area contributed by atoms with Crippen LogP contribution in [0.25, 0.3) is 0 Å². The summed E-state index contributed by atoms with van der Waals surface area (Å²) in [7, 11) is -3.59. The Kier molecular flexibility index (Phi) is 5.08. The van der Waals surface area contributed by atoms with Gasteiger partial charge < -0.3 is 14.5 Å². The van der Waals surface area contributed by atoms with E-state index in [-0.39, 0.29) is 16.7 Å². The van der Waals surface area contributed by atoms with Crippen molar-refractivity contribution < 1.29 is 17.6 Å². The van der Waals surface area contributed by atoms with Crippen LogP contribution >= 0.6 is 0 Å². The Morgan fingerprint density at radius 2 is 1.90 bits per heavy atom. The van der Waals surface area contributed by atoms with Crippen molar-refractivity contribution >= 4 is 10.0 Å². The molecule has 21 heavy (non-hydrogen) atoms. The average Bonchev–Trinajstić information content (AvgIpc) is 2.86. The lowest BCUT2D eigenvalue weighted by molar-refractivity contribution is 0.0831. The van der Waals surface area contributed by atoms with E-state index in [1.54, 1.807) is 6.07 Å². The van der Waals surface area contributed by atoms with Crippen LogP contribution in [0.3, 0.4) is 0 Å². The van der Waals surface area contributed by atoms with Gasteiger partial charge in [0.15, 0.2) is 0 Å². The van der Waals surface area contributed by atoms with Gasteiger partial charge in [-0.1, -0.05) is 0 Å². The van der Waals surface area contributed by atoms with Gasteiger partial charge in [0.25, 0.3) is 10.0 Å². The van der Waals surface area contributed by atoms with Crippen molar-refractivity contribution in [2.24, 2.45) is 0 Å². The maximum Gasteiger partial charge on any atom is 0.274 e. The van der Waals surface area contributed by atoms with Gasteiger partial charge in [-0.2, -0.15) is 0 Å². The van der Waals surface area contributed by atoms with Crippen LogP contribution in [0.2, 0.25) is 0 Å². The largest absolute Gasteiger partial charge is 0.447 e. The molecular weight excluding hydrogens is 292 g/mol. The smallest absolute Gasteiger partial charge is 0.274 e. The maximum atomic E-state index is 12.2. The molecule has 1 saturated heterocycles. The Balaban J connectivity index is 1.98. The molecule has 0 spiro atoms. The van der Waals surface area contributed by atoms with E-state index >= 15 is 0 Å². The van der Waals surface area contributed by atoms with Crippen LogP contribution in [0.1, 0.15) is 39.4 Å². The highest BCUT2D eigenvalue weighted by atomic mass is 32.2. The quantitative estimate of drug-likeness (QED) is 0.863. The molecule has 2 heterocycles. The Hall–Kier alpha value is -0.890. The highest BCUT2D eigenvalue weighted by molar-refractivity contribution is 7.89. The molecule has 120 valence electrons. The summed E-state index contributed by atoms with van der Waals surface area (Å²) in [6.45, 7) is 7.80. The topological polar surface area (TPSA) is 80.6 Å². The summed E-state index contributed by atoms with van der Waals surface area (Å²) < 4.78 is 37.8. The lowest BCUT2D eigenvalue weighted by atomic mass is 10.1. The fourth-order valence-electron chi connectivity index (χ4n) is 2.04. The van der Waals surface area contributed by atoms with Gasteiger partial charge in [-0.25, -0.2) is 13.1 Å². The Labute approximate surface area is 126 Å². The van der Waals surface area contributed by atoms with Crippen LogP contribution in [0.15, 0.2) is 21.6 Å². The summed E-state index contributed by atoms with van der Waals surface area (Å²) in [5.74, 6) is 0.609. The predicted molar refractivity (Wildman–Crippen MR) is 79.5 cm³/mol. The normalized spacial score (nSPS) is 18.0. The molecule has 0 radical (unpaired) electrons. The van der Waals surface area contributed by atoms with Gasteiger partial charge in [-0.15, -0.1) is 0 Å². The van der Waals surface area contributed by atoms with E-state index in [1.165, 1.54) is 6.07 Å². The molecule has 1 aliphatic rings. The molecule has 0 atom stereocenters. The number of hydrogen-bond donors (Lipinski definition) is 2. The zero-order valence-corrected chi connectivity index (χ0v) is 13.6. The molecule has 6 nitrogen and oxygen atoms in total. The van der Waals surface area contributed by atoms with E-state index in [9.17, 15) is 8.42 Å². The fourth-order valence-corrected chi connectivity index (χ4v) is 3.30. The summed E-state index contributed by atoms with van der Waals surface area (Å²) in [5.41, 5.74) is -0.0494. The van der Waals surface area contributed by atoms with Crippen molar-refractivity contribution in [3.63, 3.8) is 0 Å². The molecule has 1 aliphatic heterocycles. The molecule has 0 amide bonds. The predicted octanol–water partition coefficient (Wildman–Crippen LogP) is 1.62. The first-order valence-corrected chi connectivity index (χ1v) is 8.68. The number of ether oxygens (including phenoxy) is 1. The lowest BCUT2D eigenvalue weighted by Crippen LogP contribution is -2.38. The Morgan fingerprint density at radius 3 is 2.52 bits per heavy atom. The molecule has 1 aromatic heterocycles. The van der Waals surface area contributed by atoms with Crippen molar-refractivity contribution in [1.29, 1.82) is 0 Å². The monoisotopic (exact) mass is 316 g/mol. The molecule has 2 rings (SSSR count). The molecule has 2 N–H and O–H groups in total. The number of nitrogens with one attached hydrogen (secondary N) is 2. The molecule has 0 aliphatic carbocycles. The zero-order valence-electron chi connectivity index (χ0n) is 12.8. The molecule has 1 fully saturated rings. The SMILES string of the molecule is CC(C)(C)NCc1ccc(S(=O)(=O)NC2CCOCC2)o1. The van der Waals surface area contributed by atoms with Crippen LogP contribution in [0, 0.1) is 0 Å². The number of rotatable bonds is 5. The van der Waals surface area contributed by atoms with Gasteiger partial charge >= 0.3 is 0 Å². The minimum Gasteiger partial charge on any atom is -0.447 e. The standard InChI is InChI=1S/C14H24N2O4S/c1-14(2,3)15-10-12-4-5-13(20-12)21(17,18)16-11-6-8-19-9-7-11/h4-5,11,15-16H,6-10H2,1-3H3. The summed E-state index contributed by atoms with van der Waals surface area (Å²) >= 11 is 0. The molecule has 0 bridgehead atoms. The van der Waals surface area contributed by atoms with Crippen LogP contribution in [-0.2, 0) is 21.3 Å². The van der Waals surface area contributed by atoms with E-state index in [1.807, 2.05) is 20.8 Å². The van der Waals surface area contributed by atoms with Crippen LogP contribution in [-0.4, -0.2) is 33.2 Å². The van der Waals surface area contributed by atoms with Crippen molar-refractivity contribution in [1.82, 2.24) is 10.0 Å². The van der Waals surface area contributed by atoms with Gasteiger partial charge in [0, 0.05) is 24.8 Å². The Bertz CT molecular complexity index is 554. The highest BCUT2D eigenvalue weighted by Crippen LogP contribution is 2.17. The van der Waals surface area contributed by atoms with Gasteiger partial charge in [-0.05, 0) is 45.7 Å². The van der Waals surface area contributed by atoms with E-state index in [0.29, 0.717) is 38.4 Å². The van der Waals surface area contributed by atoms with Gasteiger partial charge in [0.05, 0.1) is 6.54 Å². The summed E-state index contributed by atoms with van der Waals surface area (Å²) in [4.78, 5) is 0. The molecule has 7 heteroatoms. The second-order valence-corrected chi connectivity index (χ2v) is 7.98. The first-order valence-electron chi connectivity index (χ1n) is 7.20. The van der Waals surface area contributed by atoms with Crippen molar-refractivity contribution in [3.8, 4) is 0 Å². The van der Waals surface area contributed by atoms with Crippen LogP contribution < -0.4 is 10.0 Å². The number of hydrogen-bond acceptors (Lipinski definition) is 5. The minimum atomic E-state index is -3.59. The molecule has 0 unspecified atom stereocenters. The second kappa shape index (κ2) is 6.48. The third-order valence-electron chi connectivity index (χ3n) is 3.24. The molecule has 1 aromatic rings. The summed E-state index contributed by atoms with van der Waals surface area (Å²) in [6.07, 6.45) is 1.39. The van der Waals surface area contributed by atoms with E-state index in [2.05, 4.69) is 10.0 Å². The third kappa shape index (κ3) is 5.10. The fraction of sp³-hybridized carbons (Fsp3) is 0.714. The van der Waals surface area contributed by atoms with E-state index in [4.69, 9.17) is 9.15 Å². The minimum absolute atomic E-state index is 0.0281. The average molecular weight is 316 g/mol. The molecular formula is C14H24N2O4S. The van der Waals surface area contributed by atoms with Crippen molar-refractivity contribution in [2.75, 3.05) is 13.2 Å². The zero-order chi connectivity index (χ0) is 15.5. The van der Waals surface area contributed by atoms with Crippen molar-refractivity contribution in [3.05, 3.63) is 17.9 Å². The summed E-state index contributed by atoms with van der Waals surface area (Å²) in [5, 5.41) is 3.23. The Morgan fingerprint density at radius 1 is 1.24 bits per heavy atom. The second-order valence-electron chi connectivity index (χ2n) is 6.33. The number of sulfonamides is 1. The van der Waals surface area contributed by atoms with E-state index in [0.717, 1.165) is 0 Å². The first-order chi connectivity index (χ1) is 9.76. The van der Waals surface area contributed by atoms with Gasteiger partial charge in [0.2, 0.25) is 5.09 Å². The van der Waals surface area contributed by atoms with Crippen LogP contribution in [0.5, 0.6) is 0 Å². The first kappa shape index (κ1) is 16.5. The lowest BCUT2D eigenvalue weighted by Gasteiger charge is -2.22.